The maximum atomic E-state index is 12.9. The minimum Gasteiger partial charge on any atom is -0.352 e. The molecular weight excluding hydrogens is 420 g/mol. The van der Waals surface area contributed by atoms with E-state index in [4.69, 9.17) is 0 Å². The summed E-state index contributed by atoms with van der Waals surface area (Å²) in [5.74, 6) is -0.253. The summed E-state index contributed by atoms with van der Waals surface area (Å²) in [6, 6.07) is 24.1. The largest absolute Gasteiger partial charge is 0.352 e. The predicted molar refractivity (Wildman–Crippen MR) is 129 cm³/mol. The zero-order valence-corrected chi connectivity index (χ0v) is 19.1. The van der Waals surface area contributed by atoms with Crippen LogP contribution in [0.1, 0.15) is 30.4 Å². The van der Waals surface area contributed by atoms with Gasteiger partial charge in [-0.15, -0.1) is 0 Å². The van der Waals surface area contributed by atoms with Gasteiger partial charge in [-0.25, -0.2) is 12.7 Å². The van der Waals surface area contributed by atoms with Crippen molar-refractivity contribution in [2.24, 2.45) is 5.92 Å². The second kappa shape index (κ2) is 10.3. The Morgan fingerprint density at radius 2 is 1.72 bits per heavy atom. The Morgan fingerprint density at radius 3 is 2.56 bits per heavy atom. The third kappa shape index (κ3) is 5.56. The minimum atomic E-state index is -3.36. The molecule has 6 heteroatoms. The van der Waals surface area contributed by atoms with Crippen LogP contribution in [0.5, 0.6) is 0 Å². The Labute approximate surface area is 190 Å². The number of carbonyl (C=O) groups is 1. The summed E-state index contributed by atoms with van der Waals surface area (Å²) in [6.45, 7) is 1.22. The summed E-state index contributed by atoms with van der Waals surface area (Å²) in [4.78, 5) is 12.8. The van der Waals surface area contributed by atoms with E-state index in [9.17, 15) is 13.2 Å². The molecule has 0 spiro atoms. The highest BCUT2D eigenvalue weighted by atomic mass is 32.2. The maximum Gasteiger partial charge on any atom is 0.224 e. The van der Waals surface area contributed by atoms with Gasteiger partial charge in [0.05, 0.1) is 11.7 Å². The first-order chi connectivity index (χ1) is 15.5. The number of nitrogens with zero attached hydrogens (tertiary/aromatic N) is 1. The van der Waals surface area contributed by atoms with Crippen molar-refractivity contribution in [2.75, 3.05) is 18.8 Å². The molecule has 4 rings (SSSR count). The van der Waals surface area contributed by atoms with Gasteiger partial charge in [0.15, 0.2) is 0 Å². The van der Waals surface area contributed by atoms with Crippen molar-refractivity contribution in [1.82, 2.24) is 9.62 Å². The Hall–Kier alpha value is -2.70. The lowest BCUT2D eigenvalue weighted by Gasteiger charge is -2.31. The van der Waals surface area contributed by atoms with Crippen LogP contribution in [-0.4, -0.2) is 37.5 Å². The van der Waals surface area contributed by atoms with Crippen molar-refractivity contribution in [1.29, 1.82) is 0 Å². The molecule has 32 heavy (non-hydrogen) atoms. The quantitative estimate of drug-likeness (QED) is 0.561. The molecule has 1 saturated heterocycles. The summed E-state index contributed by atoms with van der Waals surface area (Å²) >= 11 is 0. The topological polar surface area (TPSA) is 66.5 Å². The van der Waals surface area contributed by atoms with Crippen LogP contribution < -0.4 is 5.32 Å². The van der Waals surface area contributed by atoms with Crippen molar-refractivity contribution in [3.63, 3.8) is 0 Å². The third-order valence-electron chi connectivity index (χ3n) is 6.19. The Balaban J connectivity index is 1.32. The number of hydrogen-bond donors (Lipinski definition) is 1. The summed E-state index contributed by atoms with van der Waals surface area (Å²) in [7, 11) is -3.36. The standard InChI is InChI=1S/C26H30N2O3S/c29-26(27-19-23-14-6-13-22-12-4-5-16-25(22)23)24-15-7-17-28(20-24)32(30,31)18-8-11-21-9-2-1-3-10-21/h1-6,9-10,12-14,16,24H,7-8,11,15,17-20H2,(H,27,29). The molecule has 5 nitrogen and oxygen atoms in total. The van der Waals surface area contributed by atoms with Gasteiger partial charge in [0.2, 0.25) is 15.9 Å². The molecule has 1 unspecified atom stereocenters. The molecule has 1 amide bonds. The molecule has 1 atom stereocenters. The average molecular weight is 451 g/mol. The molecule has 0 radical (unpaired) electrons. The van der Waals surface area contributed by atoms with E-state index in [0.29, 0.717) is 25.9 Å². The van der Waals surface area contributed by atoms with Gasteiger partial charge >= 0.3 is 0 Å². The van der Waals surface area contributed by atoms with Crippen molar-refractivity contribution in [2.45, 2.75) is 32.2 Å². The lowest BCUT2D eigenvalue weighted by molar-refractivity contribution is -0.126. The molecule has 0 saturated carbocycles. The second-order valence-electron chi connectivity index (χ2n) is 8.46. The molecular formula is C26H30N2O3S. The highest BCUT2D eigenvalue weighted by Gasteiger charge is 2.32. The second-order valence-corrected chi connectivity index (χ2v) is 10.5. The van der Waals surface area contributed by atoms with E-state index in [1.54, 1.807) is 0 Å². The molecule has 168 valence electrons. The fraction of sp³-hybridized carbons (Fsp3) is 0.346. The van der Waals surface area contributed by atoms with Crippen LogP contribution >= 0.6 is 0 Å². The van der Waals surface area contributed by atoms with Gasteiger partial charge in [-0.2, -0.15) is 0 Å². The number of benzene rings is 3. The van der Waals surface area contributed by atoms with Crippen molar-refractivity contribution < 1.29 is 13.2 Å². The van der Waals surface area contributed by atoms with Crippen LogP contribution in [0.4, 0.5) is 0 Å². The van der Waals surface area contributed by atoms with E-state index in [1.807, 2.05) is 54.6 Å². The summed E-state index contributed by atoms with van der Waals surface area (Å²) in [5.41, 5.74) is 2.21. The third-order valence-corrected chi connectivity index (χ3v) is 8.11. The predicted octanol–water partition coefficient (Wildman–Crippen LogP) is 4.13. The van der Waals surface area contributed by atoms with Gasteiger partial charge in [-0.3, -0.25) is 4.79 Å². The molecule has 3 aromatic carbocycles. The number of sulfonamides is 1. The normalized spacial score (nSPS) is 17.3. The van der Waals surface area contributed by atoms with Crippen LogP contribution in [0.3, 0.4) is 0 Å². The number of fused-ring (bicyclic) bond motifs is 1. The van der Waals surface area contributed by atoms with E-state index in [0.717, 1.165) is 34.7 Å². The van der Waals surface area contributed by atoms with Crippen LogP contribution in [0.25, 0.3) is 10.8 Å². The highest BCUT2D eigenvalue weighted by molar-refractivity contribution is 7.89. The van der Waals surface area contributed by atoms with E-state index in [1.165, 1.54) is 4.31 Å². The van der Waals surface area contributed by atoms with Gasteiger partial charge in [-0.05, 0) is 47.6 Å². The number of rotatable bonds is 8. The number of piperidine rings is 1. The zero-order chi connectivity index (χ0) is 22.4. The molecule has 3 aromatic rings. The lowest BCUT2D eigenvalue weighted by Crippen LogP contribution is -2.46. The minimum absolute atomic E-state index is 0.0675. The maximum absolute atomic E-state index is 12.9. The lowest BCUT2D eigenvalue weighted by atomic mass is 9.98. The Bertz CT molecular complexity index is 1160. The summed E-state index contributed by atoms with van der Waals surface area (Å²) in [6.07, 6.45) is 2.76. The summed E-state index contributed by atoms with van der Waals surface area (Å²) in [5, 5.41) is 5.31. The van der Waals surface area contributed by atoms with Crippen LogP contribution in [0, 0.1) is 5.92 Å². The van der Waals surface area contributed by atoms with Gasteiger partial charge in [0.25, 0.3) is 0 Å². The summed E-state index contributed by atoms with van der Waals surface area (Å²) < 4.78 is 27.2. The fourth-order valence-corrected chi connectivity index (χ4v) is 6.00. The van der Waals surface area contributed by atoms with Gasteiger partial charge in [0, 0.05) is 19.6 Å². The zero-order valence-electron chi connectivity index (χ0n) is 18.2. The van der Waals surface area contributed by atoms with Crippen molar-refractivity contribution in [3.05, 3.63) is 83.9 Å². The smallest absolute Gasteiger partial charge is 0.224 e. The molecule has 1 N–H and O–H groups in total. The van der Waals surface area contributed by atoms with Crippen molar-refractivity contribution in [3.8, 4) is 0 Å². The average Bonchev–Trinajstić information content (AvgIpc) is 2.83. The first-order valence-corrected chi connectivity index (χ1v) is 12.9. The monoisotopic (exact) mass is 450 g/mol. The Morgan fingerprint density at radius 1 is 0.969 bits per heavy atom. The SMILES string of the molecule is O=C(NCc1cccc2ccccc12)C1CCCN(S(=O)(=O)CCCc2ccccc2)C1. The molecule has 1 aliphatic heterocycles. The molecule has 0 bridgehead atoms. The van der Waals surface area contributed by atoms with Crippen LogP contribution in [0.2, 0.25) is 0 Å². The van der Waals surface area contributed by atoms with Crippen molar-refractivity contribution >= 4 is 26.7 Å². The van der Waals surface area contributed by atoms with E-state index in [-0.39, 0.29) is 24.1 Å². The molecule has 1 fully saturated rings. The Kier molecular flexibility index (Phi) is 7.22. The van der Waals surface area contributed by atoms with Gasteiger partial charge in [-0.1, -0.05) is 72.8 Å². The molecule has 1 aliphatic rings. The highest BCUT2D eigenvalue weighted by Crippen LogP contribution is 2.22. The van der Waals surface area contributed by atoms with Gasteiger partial charge < -0.3 is 5.32 Å². The van der Waals surface area contributed by atoms with E-state index in [2.05, 4.69) is 23.5 Å². The number of aryl methyl sites for hydroxylation is 1. The fourth-order valence-electron chi connectivity index (χ4n) is 4.41. The van der Waals surface area contributed by atoms with Crippen LogP contribution in [-0.2, 0) is 27.8 Å². The molecule has 0 aliphatic carbocycles. The molecule has 0 aromatic heterocycles. The number of carbonyl (C=O) groups excluding carboxylic acids is 1. The number of hydrogen-bond acceptors (Lipinski definition) is 3. The number of amides is 1. The van der Waals surface area contributed by atoms with E-state index < -0.39 is 10.0 Å². The van der Waals surface area contributed by atoms with Gasteiger partial charge in [0.1, 0.15) is 0 Å². The molecule has 1 heterocycles. The number of nitrogens with one attached hydrogen (secondary N) is 1. The first-order valence-electron chi connectivity index (χ1n) is 11.3. The van der Waals surface area contributed by atoms with E-state index >= 15 is 0 Å². The first kappa shape index (κ1) is 22.5. The van der Waals surface area contributed by atoms with Crippen LogP contribution in [0.15, 0.2) is 72.8 Å².